The maximum absolute atomic E-state index is 14.2. The smallest absolute Gasteiger partial charge is 0.264 e. The van der Waals surface area contributed by atoms with Crippen molar-refractivity contribution in [2.45, 2.75) is 57.1 Å². The summed E-state index contributed by atoms with van der Waals surface area (Å²) in [6, 6.07) is 16.3. The van der Waals surface area contributed by atoms with Gasteiger partial charge in [0.25, 0.3) is 10.0 Å². The largest absolute Gasteiger partial charge is 0.493 e. The van der Waals surface area contributed by atoms with Gasteiger partial charge in [-0.2, -0.15) is 0 Å². The molecule has 0 fully saturated rings. The van der Waals surface area contributed by atoms with Crippen LogP contribution < -0.4 is 19.1 Å². The second-order valence-electron chi connectivity index (χ2n) is 9.88. The van der Waals surface area contributed by atoms with Crippen LogP contribution in [0.15, 0.2) is 71.6 Å². The summed E-state index contributed by atoms with van der Waals surface area (Å²) in [6.45, 7) is 5.01. The van der Waals surface area contributed by atoms with Crippen LogP contribution in [-0.4, -0.2) is 58.0 Å². The van der Waals surface area contributed by atoms with Gasteiger partial charge < -0.3 is 19.7 Å². The average molecular weight is 651 g/mol. The summed E-state index contributed by atoms with van der Waals surface area (Å²) in [5.74, 6) is -0.253. The Morgan fingerprint density at radius 2 is 1.56 bits per heavy atom. The molecule has 12 heteroatoms. The van der Waals surface area contributed by atoms with Gasteiger partial charge in [-0.05, 0) is 61.7 Å². The number of ether oxygens (including phenoxy) is 2. The number of hydrogen-bond acceptors (Lipinski definition) is 6. The molecule has 232 valence electrons. The molecule has 0 spiro atoms. The lowest BCUT2D eigenvalue weighted by Gasteiger charge is -2.34. The molecule has 0 radical (unpaired) electrons. The lowest BCUT2D eigenvalue weighted by molar-refractivity contribution is -0.140. The number of benzene rings is 3. The number of sulfonamides is 1. The summed E-state index contributed by atoms with van der Waals surface area (Å²) in [7, 11) is -1.34. The van der Waals surface area contributed by atoms with Crippen LogP contribution in [0.25, 0.3) is 0 Å². The van der Waals surface area contributed by atoms with Gasteiger partial charge >= 0.3 is 0 Å². The molecular weight excluding hydrogens is 613 g/mol. The zero-order valence-corrected chi connectivity index (χ0v) is 27.2. The van der Waals surface area contributed by atoms with E-state index in [1.807, 2.05) is 13.8 Å². The van der Waals surface area contributed by atoms with Gasteiger partial charge in [0.2, 0.25) is 11.8 Å². The van der Waals surface area contributed by atoms with Gasteiger partial charge in [0.05, 0.1) is 34.8 Å². The molecular formula is C31H37Cl2N3O6S. The van der Waals surface area contributed by atoms with E-state index in [1.165, 1.54) is 43.4 Å². The molecule has 0 unspecified atom stereocenters. The van der Waals surface area contributed by atoms with Crippen molar-refractivity contribution in [3.05, 3.63) is 82.3 Å². The van der Waals surface area contributed by atoms with Crippen molar-refractivity contribution in [3.8, 4) is 11.5 Å². The van der Waals surface area contributed by atoms with E-state index in [9.17, 15) is 18.0 Å². The Balaban J connectivity index is 2.12. The molecule has 0 aromatic heterocycles. The average Bonchev–Trinajstić information content (AvgIpc) is 3.01. The minimum absolute atomic E-state index is 0.00447. The second-order valence-corrected chi connectivity index (χ2v) is 12.6. The lowest BCUT2D eigenvalue weighted by Crippen LogP contribution is -2.53. The third kappa shape index (κ3) is 8.34. The topological polar surface area (TPSA) is 105 Å². The van der Waals surface area contributed by atoms with Crippen LogP contribution in [0.3, 0.4) is 0 Å². The highest BCUT2D eigenvalue weighted by molar-refractivity contribution is 7.92. The monoisotopic (exact) mass is 649 g/mol. The highest BCUT2D eigenvalue weighted by Gasteiger charge is 2.34. The molecule has 0 saturated carbocycles. The summed E-state index contributed by atoms with van der Waals surface area (Å²) in [5, 5.41) is 3.59. The first-order valence-corrected chi connectivity index (χ1v) is 16.0. The number of rotatable bonds is 14. The summed E-state index contributed by atoms with van der Waals surface area (Å²) in [5.41, 5.74) is 0.808. The number of nitrogens with zero attached hydrogens (tertiary/aromatic N) is 2. The van der Waals surface area contributed by atoms with Gasteiger partial charge in [0.15, 0.2) is 11.5 Å². The molecule has 0 bridgehead atoms. The third-order valence-electron chi connectivity index (χ3n) is 6.99. The van der Waals surface area contributed by atoms with Crippen molar-refractivity contribution in [3.63, 3.8) is 0 Å². The van der Waals surface area contributed by atoms with Gasteiger partial charge in [-0.25, -0.2) is 8.42 Å². The van der Waals surface area contributed by atoms with E-state index in [0.29, 0.717) is 27.8 Å². The fraction of sp³-hybridized carbons (Fsp3) is 0.355. The van der Waals surface area contributed by atoms with E-state index in [1.54, 1.807) is 49.4 Å². The van der Waals surface area contributed by atoms with Crippen LogP contribution in [0.5, 0.6) is 11.5 Å². The normalized spacial score (nSPS) is 12.6. The summed E-state index contributed by atoms with van der Waals surface area (Å²) in [6.07, 6.45) is 0.989. The summed E-state index contributed by atoms with van der Waals surface area (Å²) in [4.78, 5) is 29.0. The zero-order valence-electron chi connectivity index (χ0n) is 24.8. The van der Waals surface area contributed by atoms with Crippen LogP contribution >= 0.6 is 23.2 Å². The zero-order chi connectivity index (χ0) is 31.7. The fourth-order valence-corrected chi connectivity index (χ4v) is 6.17. The van der Waals surface area contributed by atoms with Crippen LogP contribution in [-0.2, 0) is 26.2 Å². The Bertz CT molecular complexity index is 1520. The number of hydrogen-bond donors (Lipinski definition) is 1. The Labute approximate surface area is 263 Å². The van der Waals surface area contributed by atoms with Gasteiger partial charge in [0, 0.05) is 18.7 Å². The van der Waals surface area contributed by atoms with Crippen LogP contribution in [0.4, 0.5) is 5.69 Å². The van der Waals surface area contributed by atoms with E-state index in [4.69, 9.17) is 32.7 Å². The first kappa shape index (κ1) is 34.0. The Kier molecular flexibility index (Phi) is 12.1. The fourth-order valence-electron chi connectivity index (χ4n) is 4.42. The van der Waals surface area contributed by atoms with Crippen LogP contribution in [0.1, 0.15) is 39.2 Å². The van der Waals surface area contributed by atoms with Gasteiger partial charge in [-0.1, -0.05) is 61.3 Å². The third-order valence-corrected chi connectivity index (χ3v) is 9.52. The van der Waals surface area contributed by atoms with Crippen molar-refractivity contribution >= 4 is 50.7 Å². The molecule has 2 atom stereocenters. The van der Waals surface area contributed by atoms with Gasteiger partial charge in [-0.15, -0.1) is 0 Å². The number of nitrogens with one attached hydrogen (secondary N) is 1. The quantitative estimate of drug-likeness (QED) is 0.232. The molecule has 2 amide bonds. The van der Waals surface area contributed by atoms with Gasteiger partial charge in [0.1, 0.15) is 12.6 Å². The minimum atomic E-state index is -4.24. The lowest BCUT2D eigenvalue weighted by atomic mass is 10.1. The molecule has 0 aliphatic carbocycles. The Morgan fingerprint density at radius 1 is 0.884 bits per heavy atom. The first-order chi connectivity index (χ1) is 20.5. The number of amides is 2. The minimum Gasteiger partial charge on any atom is -0.493 e. The number of carbonyl (C=O) groups is 2. The molecule has 43 heavy (non-hydrogen) atoms. The predicted molar refractivity (Wildman–Crippen MR) is 170 cm³/mol. The number of methoxy groups -OCH3 is 2. The van der Waals surface area contributed by atoms with Gasteiger partial charge in [-0.3, -0.25) is 13.9 Å². The van der Waals surface area contributed by atoms with E-state index in [-0.39, 0.29) is 41.2 Å². The van der Waals surface area contributed by atoms with Crippen molar-refractivity contribution < 1.29 is 27.5 Å². The SMILES string of the molecule is CC[C@@H](C)NC(=O)[C@H](CC)N(Cc1ccc(Cl)c(Cl)c1)C(=O)CN(c1ccc(OC)c(OC)c1)S(=O)(=O)c1ccccc1. The molecule has 3 aromatic rings. The number of anilines is 1. The standard InChI is InChI=1S/C31H37Cl2N3O6S/c1-6-21(3)34-31(38)27(7-2)35(19-22-13-15-25(32)26(33)17-22)30(37)20-36(43(39,40)24-11-9-8-10-12-24)23-14-16-28(41-4)29(18-23)42-5/h8-18,21,27H,6-7,19-20H2,1-5H3,(H,34,38)/t21-,27+/m1/s1. The van der Waals surface area contributed by atoms with Crippen molar-refractivity contribution in [1.29, 1.82) is 0 Å². The van der Waals surface area contributed by atoms with E-state index in [0.717, 1.165) is 4.31 Å². The van der Waals surface area contributed by atoms with Crippen LogP contribution in [0.2, 0.25) is 10.0 Å². The second kappa shape index (κ2) is 15.3. The Hall–Kier alpha value is -3.47. The highest BCUT2D eigenvalue weighted by atomic mass is 35.5. The van der Waals surface area contributed by atoms with E-state index >= 15 is 0 Å². The van der Waals surface area contributed by atoms with Crippen molar-refractivity contribution in [2.75, 3.05) is 25.1 Å². The Morgan fingerprint density at radius 3 is 2.14 bits per heavy atom. The summed E-state index contributed by atoms with van der Waals surface area (Å²) < 4.78 is 39.8. The number of carbonyl (C=O) groups excluding carboxylic acids is 2. The maximum atomic E-state index is 14.2. The molecule has 1 N–H and O–H groups in total. The van der Waals surface area contributed by atoms with E-state index < -0.39 is 28.5 Å². The highest BCUT2D eigenvalue weighted by Crippen LogP contribution is 2.34. The molecule has 0 aliphatic heterocycles. The van der Waals surface area contributed by atoms with Crippen LogP contribution in [0, 0.1) is 0 Å². The van der Waals surface area contributed by atoms with Crippen molar-refractivity contribution in [2.24, 2.45) is 0 Å². The molecule has 3 rings (SSSR count). The first-order valence-electron chi connectivity index (χ1n) is 13.8. The van der Waals surface area contributed by atoms with Crippen molar-refractivity contribution in [1.82, 2.24) is 10.2 Å². The molecule has 3 aromatic carbocycles. The number of halogens is 2. The molecule has 9 nitrogen and oxygen atoms in total. The molecule has 0 saturated heterocycles. The molecule has 0 aliphatic rings. The molecule has 0 heterocycles. The van der Waals surface area contributed by atoms with E-state index in [2.05, 4.69) is 5.32 Å². The predicted octanol–water partition coefficient (Wildman–Crippen LogP) is 5.93. The summed E-state index contributed by atoms with van der Waals surface area (Å²) >= 11 is 12.4. The maximum Gasteiger partial charge on any atom is 0.264 e.